The van der Waals surface area contributed by atoms with E-state index in [-0.39, 0.29) is 4.90 Å². The van der Waals surface area contributed by atoms with Gasteiger partial charge < -0.3 is 9.47 Å². The van der Waals surface area contributed by atoms with Crippen LogP contribution in [0.3, 0.4) is 0 Å². The molecule has 1 heterocycles. The quantitative estimate of drug-likeness (QED) is 0.921. The van der Waals surface area contributed by atoms with Gasteiger partial charge in [-0.15, -0.1) is 0 Å². The maximum Gasteiger partial charge on any atom is 0.248 e. The monoisotopic (exact) mass is 285 g/mol. The second-order valence-corrected chi connectivity index (χ2v) is 6.49. The van der Waals surface area contributed by atoms with Gasteiger partial charge >= 0.3 is 0 Å². The molecule has 0 aliphatic carbocycles. The summed E-state index contributed by atoms with van der Waals surface area (Å²) in [5.41, 5.74) is 0.642. The molecule has 0 saturated heterocycles. The second-order valence-electron chi connectivity index (χ2n) is 4.76. The minimum atomic E-state index is -3.49. The number of sulfonamides is 1. The summed E-state index contributed by atoms with van der Waals surface area (Å²) in [7, 11) is -3.49. The van der Waals surface area contributed by atoms with Crippen LogP contribution < -0.4 is 14.2 Å². The van der Waals surface area contributed by atoms with Crippen molar-refractivity contribution in [2.75, 3.05) is 6.54 Å². The Morgan fingerprint density at radius 2 is 1.79 bits per heavy atom. The molecule has 1 aromatic carbocycles. The van der Waals surface area contributed by atoms with Gasteiger partial charge in [0.2, 0.25) is 15.8 Å². The van der Waals surface area contributed by atoms with E-state index >= 15 is 0 Å². The molecule has 1 atom stereocenters. The van der Waals surface area contributed by atoms with E-state index in [0.29, 0.717) is 30.0 Å². The average Bonchev–Trinajstić information content (AvgIpc) is 2.64. The normalized spacial score (nSPS) is 21.7. The SMILES string of the molecule is CCNS(=O)(=O)c1cc2c(cc1C)OC(C)(CC)O2. The van der Waals surface area contributed by atoms with Crippen LogP contribution in [0.1, 0.15) is 32.8 Å². The van der Waals surface area contributed by atoms with Crippen LogP contribution >= 0.6 is 0 Å². The van der Waals surface area contributed by atoms with Crippen molar-refractivity contribution in [2.24, 2.45) is 0 Å². The molecule has 0 aromatic heterocycles. The predicted octanol–water partition coefficient (Wildman–Crippen LogP) is 2.19. The maximum absolute atomic E-state index is 12.1. The van der Waals surface area contributed by atoms with Gasteiger partial charge in [-0.3, -0.25) is 0 Å². The molecule has 0 bridgehead atoms. The van der Waals surface area contributed by atoms with Crippen molar-refractivity contribution in [3.63, 3.8) is 0 Å². The highest BCUT2D eigenvalue weighted by Crippen LogP contribution is 2.42. The molecule has 0 fully saturated rings. The van der Waals surface area contributed by atoms with Crippen LogP contribution in [0.2, 0.25) is 0 Å². The number of nitrogens with one attached hydrogen (secondary N) is 1. The Kier molecular flexibility index (Phi) is 3.49. The number of fused-ring (bicyclic) bond motifs is 1. The van der Waals surface area contributed by atoms with E-state index in [2.05, 4.69) is 4.72 Å². The van der Waals surface area contributed by atoms with Crippen molar-refractivity contribution in [1.82, 2.24) is 4.72 Å². The van der Waals surface area contributed by atoms with Crippen molar-refractivity contribution in [1.29, 1.82) is 0 Å². The summed E-state index contributed by atoms with van der Waals surface area (Å²) in [6.07, 6.45) is 0.677. The minimum absolute atomic E-state index is 0.233. The molecule has 106 valence electrons. The lowest BCUT2D eigenvalue weighted by atomic mass is 10.2. The fourth-order valence-corrected chi connectivity index (χ4v) is 3.27. The molecule has 0 saturated carbocycles. The topological polar surface area (TPSA) is 64.6 Å². The first-order chi connectivity index (χ1) is 8.81. The van der Waals surface area contributed by atoms with Crippen molar-refractivity contribution in [2.45, 2.75) is 44.8 Å². The minimum Gasteiger partial charge on any atom is -0.449 e. The first-order valence-corrected chi connectivity index (χ1v) is 7.82. The molecule has 2 rings (SSSR count). The molecule has 1 N–H and O–H groups in total. The van der Waals surface area contributed by atoms with E-state index in [1.54, 1.807) is 19.9 Å². The van der Waals surface area contributed by atoms with E-state index in [9.17, 15) is 8.42 Å². The van der Waals surface area contributed by atoms with E-state index in [0.717, 1.165) is 0 Å². The first-order valence-electron chi connectivity index (χ1n) is 6.33. The first kappa shape index (κ1) is 14.1. The second kappa shape index (κ2) is 4.68. The summed E-state index contributed by atoms with van der Waals surface area (Å²) in [4.78, 5) is 0.233. The van der Waals surface area contributed by atoms with Crippen molar-refractivity contribution in [3.05, 3.63) is 17.7 Å². The largest absolute Gasteiger partial charge is 0.449 e. The number of hydrogen-bond acceptors (Lipinski definition) is 4. The highest BCUT2D eigenvalue weighted by atomic mass is 32.2. The molecule has 6 heteroatoms. The van der Waals surface area contributed by atoms with E-state index in [1.807, 2.05) is 13.8 Å². The highest BCUT2D eigenvalue weighted by molar-refractivity contribution is 7.89. The van der Waals surface area contributed by atoms with E-state index in [4.69, 9.17) is 9.47 Å². The van der Waals surface area contributed by atoms with Crippen molar-refractivity contribution in [3.8, 4) is 11.5 Å². The molecule has 5 nitrogen and oxygen atoms in total. The van der Waals surface area contributed by atoms with E-state index < -0.39 is 15.8 Å². The number of aryl methyl sites for hydroxylation is 1. The van der Waals surface area contributed by atoms with Crippen LogP contribution in [-0.4, -0.2) is 20.7 Å². The van der Waals surface area contributed by atoms with Gasteiger partial charge in [-0.2, -0.15) is 0 Å². The molecule has 1 aliphatic rings. The molecule has 1 aliphatic heterocycles. The molecule has 0 amide bonds. The van der Waals surface area contributed by atoms with Crippen LogP contribution in [0.4, 0.5) is 0 Å². The van der Waals surface area contributed by atoms with Gasteiger partial charge in [0.05, 0.1) is 4.90 Å². The van der Waals surface area contributed by atoms with Crippen LogP contribution in [0.5, 0.6) is 11.5 Å². The third-order valence-corrected chi connectivity index (χ3v) is 4.85. The zero-order valence-corrected chi connectivity index (χ0v) is 12.4. The van der Waals surface area contributed by atoms with Crippen LogP contribution in [-0.2, 0) is 10.0 Å². The predicted molar refractivity (Wildman–Crippen MR) is 72.0 cm³/mol. The number of rotatable bonds is 4. The van der Waals surface area contributed by atoms with Gasteiger partial charge in [0.15, 0.2) is 11.5 Å². The Hall–Kier alpha value is -1.27. The van der Waals surface area contributed by atoms with Gasteiger partial charge in [-0.25, -0.2) is 13.1 Å². The summed E-state index contributed by atoms with van der Waals surface area (Å²) < 4.78 is 38.0. The fourth-order valence-electron chi connectivity index (χ4n) is 1.99. The van der Waals surface area contributed by atoms with Crippen LogP contribution in [0.25, 0.3) is 0 Å². The van der Waals surface area contributed by atoms with Crippen LogP contribution in [0, 0.1) is 6.92 Å². The number of benzene rings is 1. The van der Waals surface area contributed by atoms with Crippen LogP contribution in [0.15, 0.2) is 17.0 Å². The lowest BCUT2D eigenvalue weighted by molar-refractivity contribution is -0.0640. The average molecular weight is 285 g/mol. The summed E-state index contributed by atoms with van der Waals surface area (Å²) in [5.74, 6) is 0.360. The molecule has 0 radical (unpaired) electrons. The smallest absolute Gasteiger partial charge is 0.248 e. The summed E-state index contributed by atoms with van der Waals surface area (Å²) >= 11 is 0. The zero-order chi connectivity index (χ0) is 14.3. The Balaban J connectivity index is 2.46. The number of hydrogen-bond donors (Lipinski definition) is 1. The Morgan fingerprint density at radius 3 is 2.32 bits per heavy atom. The Labute approximate surface area is 114 Å². The highest BCUT2D eigenvalue weighted by Gasteiger charge is 2.36. The Morgan fingerprint density at radius 1 is 1.21 bits per heavy atom. The summed E-state index contributed by atoms with van der Waals surface area (Å²) in [6, 6.07) is 3.24. The third-order valence-electron chi connectivity index (χ3n) is 3.16. The fraction of sp³-hybridized carbons (Fsp3) is 0.538. The van der Waals surface area contributed by atoms with Gasteiger partial charge in [-0.1, -0.05) is 13.8 Å². The van der Waals surface area contributed by atoms with Gasteiger partial charge in [0.1, 0.15) is 0 Å². The van der Waals surface area contributed by atoms with Gasteiger partial charge in [0.25, 0.3) is 0 Å². The zero-order valence-electron chi connectivity index (χ0n) is 11.6. The molecule has 1 unspecified atom stereocenters. The standard InChI is InChI=1S/C13H19NO4S/c1-5-13(4)17-10-7-9(3)12(8-11(10)18-13)19(15,16)14-6-2/h7-8,14H,5-6H2,1-4H3. The molecular weight excluding hydrogens is 266 g/mol. The summed E-state index contributed by atoms with van der Waals surface area (Å²) in [5, 5.41) is 0. The molecular formula is C13H19NO4S. The number of ether oxygens (including phenoxy) is 2. The van der Waals surface area contributed by atoms with Gasteiger partial charge in [0, 0.05) is 26.0 Å². The van der Waals surface area contributed by atoms with Gasteiger partial charge in [-0.05, 0) is 18.6 Å². The molecule has 1 aromatic rings. The van der Waals surface area contributed by atoms with Crippen molar-refractivity contribution < 1.29 is 17.9 Å². The molecule has 19 heavy (non-hydrogen) atoms. The third kappa shape index (κ3) is 2.55. The lowest BCUT2D eigenvalue weighted by Crippen LogP contribution is -2.33. The Bertz CT molecular complexity index is 597. The molecule has 0 spiro atoms. The maximum atomic E-state index is 12.1. The lowest BCUT2D eigenvalue weighted by Gasteiger charge is -2.20. The summed E-state index contributed by atoms with van der Waals surface area (Å²) in [6.45, 7) is 7.63. The van der Waals surface area contributed by atoms with E-state index in [1.165, 1.54) is 6.07 Å². The van der Waals surface area contributed by atoms with Crippen molar-refractivity contribution >= 4 is 10.0 Å².